The number of amides is 2. The van der Waals surface area contributed by atoms with E-state index in [0.717, 1.165) is 17.2 Å². The van der Waals surface area contributed by atoms with E-state index in [1.807, 2.05) is 32.0 Å². The average Bonchev–Trinajstić information content (AvgIpc) is 3.17. The van der Waals surface area contributed by atoms with Gasteiger partial charge in [0.1, 0.15) is 5.82 Å². The molecule has 4 heterocycles. The second-order valence-corrected chi connectivity index (χ2v) is 7.55. The van der Waals surface area contributed by atoms with Crippen LogP contribution in [0.2, 0.25) is 0 Å². The summed E-state index contributed by atoms with van der Waals surface area (Å²) in [7, 11) is 1.38. The lowest BCUT2D eigenvalue weighted by atomic mass is 10.2. The lowest BCUT2D eigenvalue weighted by Crippen LogP contribution is -2.49. The minimum Gasteiger partial charge on any atom is -0.453 e. The summed E-state index contributed by atoms with van der Waals surface area (Å²) in [5, 5.41) is 7.24. The van der Waals surface area contributed by atoms with Gasteiger partial charge in [-0.25, -0.2) is 19.4 Å². The molecule has 1 aliphatic rings. The molecular weight excluding hydrogens is 410 g/mol. The van der Waals surface area contributed by atoms with Crippen molar-refractivity contribution in [2.75, 3.05) is 43.5 Å². The molecule has 32 heavy (non-hydrogen) atoms. The number of ether oxygens (including phenoxy) is 1. The summed E-state index contributed by atoms with van der Waals surface area (Å²) in [5.74, 6) is 1.19. The van der Waals surface area contributed by atoms with Gasteiger partial charge in [-0.1, -0.05) is 0 Å². The summed E-state index contributed by atoms with van der Waals surface area (Å²) < 4.78 is 6.50. The van der Waals surface area contributed by atoms with Crippen LogP contribution in [0.15, 0.2) is 42.7 Å². The summed E-state index contributed by atoms with van der Waals surface area (Å²) in [4.78, 5) is 36.8. The maximum absolute atomic E-state index is 12.6. The highest BCUT2D eigenvalue weighted by Gasteiger charge is 2.22. The Kier molecular flexibility index (Phi) is 6.02. The number of rotatable bonds is 4. The standard InChI is InChI=1S/C22H25N7O3/c1-15-12-16(2)29(26-15)20-6-4-17(13-23-20)21(30)25-18-5-7-19(24-14-18)27-8-10-28(11-9-27)22(31)32-3/h4-7,12-14H,8-11H2,1-3H3,(H,25,30). The number of aryl methyl sites for hydroxylation is 2. The second kappa shape index (κ2) is 9.04. The maximum atomic E-state index is 12.6. The molecule has 166 valence electrons. The predicted octanol–water partition coefficient (Wildman–Crippen LogP) is 2.42. The van der Waals surface area contributed by atoms with E-state index >= 15 is 0 Å². The smallest absolute Gasteiger partial charge is 0.409 e. The van der Waals surface area contributed by atoms with Gasteiger partial charge >= 0.3 is 6.09 Å². The van der Waals surface area contributed by atoms with Crippen LogP contribution in [0.5, 0.6) is 0 Å². The molecule has 3 aromatic rings. The van der Waals surface area contributed by atoms with Gasteiger partial charge in [0.2, 0.25) is 0 Å². The molecule has 1 N–H and O–H groups in total. The first-order valence-electron chi connectivity index (χ1n) is 10.3. The Morgan fingerprint density at radius 1 is 0.969 bits per heavy atom. The van der Waals surface area contributed by atoms with Crippen molar-refractivity contribution < 1.29 is 14.3 Å². The molecule has 1 aliphatic heterocycles. The number of nitrogens with zero attached hydrogens (tertiary/aromatic N) is 6. The Bertz CT molecular complexity index is 1100. The molecule has 10 nitrogen and oxygen atoms in total. The number of anilines is 2. The summed E-state index contributed by atoms with van der Waals surface area (Å²) >= 11 is 0. The molecule has 1 saturated heterocycles. The van der Waals surface area contributed by atoms with E-state index in [9.17, 15) is 9.59 Å². The number of nitrogens with one attached hydrogen (secondary N) is 1. The Morgan fingerprint density at radius 2 is 1.69 bits per heavy atom. The monoisotopic (exact) mass is 435 g/mol. The van der Waals surface area contributed by atoms with Gasteiger partial charge in [-0.3, -0.25) is 4.79 Å². The van der Waals surface area contributed by atoms with E-state index in [0.29, 0.717) is 43.2 Å². The highest BCUT2D eigenvalue weighted by atomic mass is 16.5. The van der Waals surface area contributed by atoms with Crippen LogP contribution in [-0.2, 0) is 4.74 Å². The van der Waals surface area contributed by atoms with Crippen molar-refractivity contribution in [1.82, 2.24) is 24.6 Å². The van der Waals surface area contributed by atoms with Gasteiger partial charge < -0.3 is 19.9 Å². The quantitative estimate of drug-likeness (QED) is 0.671. The molecule has 0 atom stereocenters. The number of hydrogen-bond donors (Lipinski definition) is 1. The van der Waals surface area contributed by atoms with Crippen LogP contribution < -0.4 is 10.2 Å². The zero-order chi connectivity index (χ0) is 22.7. The van der Waals surface area contributed by atoms with E-state index in [2.05, 4.69) is 25.3 Å². The van der Waals surface area contributed by atoms with Gasteiger partial charge in [0.25, 0.3) is 5.91 Å². The first-order valence-corrected chi connectivity index (χ1v) is 10.3. The van der Waals surface area contributed by atoms with Gasteiger partial charge in [-0.2, -0.15) is 5.10 Å². The van der Waals surface area contributed by atoms with Crippen molar-refractivity contribution in [3.05, 3.63) is 59.7 Å². The highest BCUT2D eigenvalue weighted by molar-refractivity contribution is 6.04. The van der Waals surface area contributed by atoms with E-state index < -0.39 is 0 Å². The SMILES string of the molecule is COC(=O)N1CCN(c2ccc(NC(=O)c3ccc(-n4nc(C)cc4C)nc3)cn2)CC1. The van der Waals surface area contributed by atoms with Crippen molar-refractivity contribution in [2.45, 2.75) is 13.8 Å². The van der Waals surface area contributed by atoms with Crippen LogP contribution in [0.4, 0.5) is 16.3 Å². The number of pyridine rings is 2. The first kappa shape index (κ1) is 21.3. The van der Waals surface area contributed by atoms with Crippen molar-refractivity contribution in [1.29, 1.82) is 0 Å². The van der Waals surface area contributed by atoms with Crippen LogP contribution in [0.1, 0.15) is 21.7 Å². The number of methoxy groups -OCH3 is 1. The van der Waals surface area contributed by atoms with E-state index in [-0.39, 0.29) is 12.0 Å². The van der Waals surface area contributed by atoms with Crippen LogP contribution in [-0.4, -0.2) is 69.9 Å². The van der Waals surface area contributed by atoms with Crippen LogP contribution in [0.25, 0.3) is 5.82 Å². The minimum atomic E-state index is -0.312. The van der Waals surface area contributed by atoms with Crippen LogP contribution in [0.3, 0.4) is 0 Å². The average molecular weight is 435 g/mol. The summed E-state index contributed by atoms with van der Waals surface area (Å²) in [6.07, 6.45) is 2.84. The maximum Gasteiger partial charge on any atom is 0.409 e. The fourth-order valence-electron chi connectivity index (χ4n) is 3.60. The Labute approximate surface area is 185 Å². The fourth-order valence-corrected chi connectivity index (χ4v) is 3.60. The lowest BCUT2D eigenvalue weighted by Gasteiger charge is -2.34. The van der Waals surface area contributed by atoms with Gasteiger partial charge in [0, 0.05) is 38.1 Å². The lowest BCUT2D eigenvalue weighted by molar-refractivity contribution is 0.102. The number of hydrogen-bond acceptors (Lipinski definition) is 7. The molecule has 0 aromatic carbocycles. The number of carbonyl (C=O) groups is 2. The van der Waals surface area contributed by atoms with Gasteiger partial charge in [0.15, 0.2) is 5.82 Å². The molecule has 0 saturated carbocycles. The van der Waals surface area contributed by atoms with E-state index in [1.54, 1.807) is 27.9 Å². The largest absolute Gasteiger partial charge is 0.453 e. The Hall–Kier alpha value is -3.95. The van der Waals surface area contributed by atoms with Gasteiger partial charge in [-0.15, -0.1) is 0 Å². The zero-order valence-electron chi connectivity index (χ0n) is 18.3. The minimum absolute atomic E-state index is 0.265. The number of piperazine rings is 1. The third-order valence-electron chi connectivity index (χ3n) is 5.28. The molecule has 0 spiro atoms. The topological polar surface area (TPSA) is 105 Å². The molecular formula is C22H25N7O3. The summed E-state index contributed by atoms with van der Waals surface area (Å²) in [5.41, 5.74) is 2.92. The van der Waals surface area contributed by atoms with Gasteiger partial charge in [-0.05, 0) is 44.2 Å². The van der Waals surface area contributed by atoms with Gasteiger partial charge in [0.05, 0.1) is 30.3 Å². The molecule has 0 bridgehead atoms. The molecule has 3 aromatic heterocycles. The predicted molar refractivity (Wildman–Crippen MR) is 119 cm³/mol. The van der Waals surface area contributed by atoms with Crippen molar-refractivity contribution in [2.24, 2.45) is 0 Å². The van der Waals surface area contributed by atoms with E-state index in [4.69, 9.17) is 4.74 Å². The van der Waals surface area contributed by atoms with E-state index in [1.165, 1.54) is 13.3 Å². The van der Waals surface area contributed by atoms with Crippen molar-refractivity contribution in [3.63, 3.8) is 0 Å². The first-order chi connectivity index (χ1) is 15.4. The second-order valence-electron chi connectivity index (χ2n) is 7.55. The summed E-state index contributed by atoms with van der Waals surface area (Å²) in [6.45, 7) is 6.37. The molecule has 0 unspecified atom stereocenters. The molecule has 1 fully saturated rings. The molecule has 2 amide bonds. The highest BCUT2D eigenvalue weighted by Crippen LogP contribution is 2.17. The zero-order valence-corrected chi connectivity index (χ0v) is 18.3. The van der Waals surface area contributed by atoms with Crippen LogP contribution >= 0.6 is 0 Å². The van der Waals surface area contributed by atoms with Crippen molar-refractivity contribution >= 4 is 23.5 Å². The fraction of sp³-hybridized carbons (Fsp3) is 0.318. The number of carbonyl (C=O) groups excluding carboxylic acids is 2. The normalized spacial score (nSPS) is 13.7. The molecule has 0 radical (unpaired) electrons. The Morgan fingerprint density at radius 3 is 2.25 bits per heavy atom. The molecule has 4 rings (SSSR count). The third kappa shape index (κ3) is 4.53. The summed E-state index contributed by atoms with van der Waals surface area (Å²) in [6, 6.07) is 9.12. The molecule has 10 heteroatoms. The molecule has 0 aliphatic carbocycles. The van der Waals surface area contributed by atoms with Crippen LogP contribution in [0, 0.1) is 13.8 Å². The van der Waals surface area contributed by atoms with Crippen molar-refractivity contribution in [3.8, 4) is 5.82 Å². The third-order valence-corrected chi connectivity index (χ3v) is 5.28. The number of aromatic nitrogens is 4. The Balaban J connectivity index is 1.36.